The standard InChI is InChI=1S/C27H24N2O7/c1-18(2)21-9-4-19(5-10-21)8-15-27(30)36-25-14-7-20(16-26(25)35-3)6-11-22-12-13-23(28(31)32)17-24(22)29(33)34/h4-18H,1-3H3/b11-6+,15-8+. The van der Waals surface area contributed by atoms with Crippen molar-refractivity contribution in [2.75, 3.05) is 7.11 Å². The maximum Gasteiger partial charge on any atom is 0.336 e. The van der Waals surface area contributed by atoms with Gasteiger partial charge in [-0.05, 0) is 53.0 Å². The van der Waals surface area contributed by atoms with Gasteiger partial charge in [-0.1, -0.05) is 50.3 Å². The van der Waals surface area contributed by atoms with Gasteiger partial charge in [-0.2, -0.15) is 0 Å². The molecule has 0 aliphatic heterocycles. The normalized spacial score (nSPS) is 11.2. The quantitative estimate of drug-likeness (QED) is 0.0850. The highest BCUT2D eigenvalue weighted by Gasteiger charge is 2.17. The number of hydrogen-bond acceptors (Lipinski definition) is 7. The SMILES string of the molecule is COc1cc(/C=C/c2ccc([N+](=O)[O-])cc2[N+](=O)[O-])ccc1OC(=O)/C=C/c1ccc(C(C)C)cc1. The first-order chi connectivity index (χ1) is 17.2. The number of carbonyl (C=O) groups is 1. The first kappa shape index (κ1) is 25.8. The molecule has 0 N–H and O–H groups in total. The molecule has 0 bridgehead atoms. The average Bonchev–Trinajstić information content (AvgIpc) is 2.86. The number of methoxy groups -OCH3 is 1. The van der Waals surface area contributed by atoms with Gasteiger partial charge in [0.2, 0.25) is 0 Å². The van der Waals surface area contributed by atoms with E-state index in [9.17, 15) is 25.0 Å². The number of benzene rings is 3. The lowest BCUT2D eigenvalue weighted by molar-refractivity contribution is -0.394. The molecule has 3 rings (SSSR count). The van der Waals surface area contributed by atoms with Gasteiger partial charge in [0.05, 0.1) is 28.6 Å². The van der Waals surface area contributed by atoms with Gasteiger partial charge in [0, 0.05) is 12.1 Å². The van der Waals surface area contributed by atoms with Crippen LogP contribution in [0, 0.1) is 20.2 Å². The number of esters is 1. The molecule has 0 unspecified atom stereocenters. The summed E-state index contributed by atoms with van der Waals surface area (Å²) in [6, 6.07) is 16.1. The third-order valence-electron chi connectivity index (χ3n) is 5.29. The maximum absolute atomic E-state index is 12.3. The Bertz CT molecular complexity index is 1340. The Morgan fingerprint density at radius 3 is 2.14 bits per heavy atom. The predicted molar refractivity (Wildman–Crippen MR) is 137 cm³/mol. The highest BCUT2D eigenvalue weighted by Crippen LogP contribution is 2.30. The van der Waals surface area contributed by atoms with E-state index in [1.165, 1.54) is 37.0 Å². The molecule has 3 aromatic carbocycles. The highest BCUT2D eigenvalue weighted by molar-refractivity contribution is 5.89. The van der Waals surface area contributed by atoms with Gasteiger partial charge < -0.3 is 9.47 Å². The largest absolute Gasteiger partial charge is 0.493 e. The van der Waals surface area contributed by atoms with Crippen LogP contribution in [0.3, 0.4) is 0 Å². The Kier molecular flexibility index (Phi) is 8.30. The summed E-state index contributed by atoms with van der Waals surface area (Å²) >= 11 is 0. The zero-order chi connectivity index (χ0) is 26.2. The third-order valence-corrected chi connectivity index (χ3v) is 5.29. The summed E-state index contributed by atoms with van der Waals surface area (Å²) < 4.78 is 10.7. The van der Waals surface area contributed by atoms with Crippen LogP contribution in [0.15, 0.2) is 66.7 Å². The topological polar surface area (TPSA) is 122 Å². The van der Waals surface area contributed by atoms with E-state index in [2.05, 4.69) is 13.8 Å². The molecule has 0 fully saturated rings. The van der Waals surface area contributed by atoms with Crippen LogP contribution in [0.1, 0.15) is 42.0 Å². The second-order valence-electron chi connectivity index (χ2n) is 8.08. The van der Waals surface area contributed by atoms with E-state index in [-0.39, 0.29) is 22.7 Å². The molecule has 0 radical (unpaired) electrons. The predicted octanol–water partition coefficient (Wildman–Crippen LogP) is 6.42. The van der Waals surface area contributed by atoms with Crippen LogP contribution in [0.2, 0.25) is 0 Å². The molecular formula is C27H24N2O7. The summed E-state index contributed by atoms with van der Waals surface area (Å²) in [7, 11) is 1.42. The summed E-state index contributed by atoms with van der Waals surface area (Å²) in [6.45, 7) is 4.21. The minimum Gasteiger partial charge on any atom is -0.493 e. The molecule has 0 saturated heterocycles. The van der Waals surface area contributed by atoms with Crippen LogP contribution in [0.4, 0.5) is 11.4 Å². The fourth-order valence-corrected chi connectivity index (χ4v) is 3.30. The number of carbonyl (C=O) groups excluding carboxylic acids is 1. The summed E-state index contributed by atoms with van der Waals surface area (Å²) in [4.78, 5) is 33.2. The van der Waals surface area contributed by atoms with Crippen molar-refractivity contribution in [3.05, 3.63) is 109 Å². The Balaban J connectivity index is 1.74. The Morgan fingerprint density at radius 2 is 1.53 bits per heavy atom. The minimum absolute atomic E-state index is 0.201. The van der Waals surface area contributed by atoms with Crippen molar-refractivity contribution in [1.29, 1.82) is 0 Å². The zero-order valence-electron chi connectivity index (χ0n) is 19.9. The number of ether oxygens (including phenoxy) is 2. The first-order valence-corrected chi connectivity index (χ1v) is 11.0. The molecule has 9 heteroatoms. The van der Waals surface area contributed by atoms with E-state index in [4.69, 9.17) is 9.47 Å². The van der Waals surface area contributed by atoms with Gasteiger partial charge in [0.1, 0.15) is 0 Å². The molecule has 0 aromatic heterocycles. The van der Waals surface area contributed by atoms with E-state index in [0.717, 1.165) is 11.6 Å². The molecule has 0 amide bonds. The van der Waals surface area contributed by atoms with E-state index >= 15 is 0 Å². The Labute approximate surface area is 207 Å². The van der Waals surface area contributed by atoms with Gasteiger partial charge in [-0.3, -0.25) is 20.2 Å². The third kappa shape index (κ3) is 6.63. The lowest BCUT2D eigenvalue weighted by atomic mass is 10.0. The molecule has 0 aliphatic rings. The van der Waals surface area contributed by atoms with Crippen LogP contribution in [-0.2, 0) is 4.79 Å². The highest BCUT2D eigenvalue weighted by atomic mass is 16.6. The zero-order valence-corrected chi connectivity index (χ0v) is 19.9. The minimum atomic E-state index is -0.691. The van der Waals surface area contributed by atoms with Crippen molar-refractivity contribution in [3.63, 3.8) is 0 Å². The van der Waals surface area contributed by atoms with Gasteiger partial charge in [0.15, 0.2) is 11.5 Å². The molecule has 3 aromatic rings. The van der Waals surface area contributed by atoms with Gasteiger partial charge in [0.25, 0.3) is 11.4 Å². The fourth-order valence-electron chi connectivity index (χ4n) is 3.30. The van der Waals surface area contributed by atoms with Crippen molar-refractivity contribution in [2.45, 2.75) is 19.8 Å². The van der Waals surface area contributed by atoms with Crippen LogP contribution in [-0.4, -0.2) is 22.9 Å². The summed E-state index contributed by atoms with van der Waals surface area (Å²) in [5.41, 5.74) is 2.13. The van der Waals surface area contributed by atoms with Crippen molar-refractivity contribution in [1.82, 2.24) is 0 Å². The van der Waals surface area contributed by atoms with Crippen molar-refractivity contribution >= 4 is 35.6 Å². The molecule has 0 saturated carbocycles. The van der Waals surface area contributed by atoms with Crippen molar-refractivity contribution in [2.24, 2.45) is 0 Å². The number of nitro benzene ring substituents is 2. The van der Waals surface area contributed by atoms with Crippen molar-refractivity contribution in [3.8, 4) is 11.5 Å². The summed E-state index contributed by atoms with van der Waals surface area (Å²) in [5.74, 6) is 0.340. The molecular weight excluding hydrogens is 464 g/mol. The lowest BCUT2D eigenvalue weighted by Crippen LogP contribution is -2.05. The molecule has 0 aliphatic carbocycles. The molecule has 0 heterocycles. The van der Waals surface area contributed by atoms with Crippen LogP contribution < -0.4 is 9.47 Å². The smallest absolute Gasteiger partial charge is 0.336 e. The number of nitrogens with zero attached hydrogens (tertiary/aromatic N) is 2. The Morgan fingerprint density at radius 1 is 0.833 bits per heavy atom. The van der Waals surface area contributed by atoms with E-state index in [1.54, 1.807) is 30.4 Å². The average molecular weight is 488 g/mol. The second kappa shape index (κ2) is 11.6. The monoisotopic (exact) mass is 488 g/mol. The fraction of sp³-hybridized carbons (Fsp3) is 0.148. The lowest BCUT2D eigenvalue weighted by Gasteiger charge is -2.09. The summed E-state index contributed by atoms with van der Waals surface area (Å²) in [6.07, 6.45) is 6.04. The molecule has 9 nitrogen and oxygen atoms in total. The molecule has 36 heavy (non-hydrogen) atoms. The van der Waals surface area contributed by atoms with Gasteiger partial charge >= 0.3 is 5.97 Å². The van der Waals surface area contributed by atoms with Crippen LogP contribution >= 0.6 is 0 Å². The Hall–Kier alpha value is -4.79. The van der Waals surface area contributed by atoms with Crippen molar-refractivity contribution < 1.29 is 24.1 Å². The summed E-state index contributed by atoms with van der Waals surface area (Å²) in [5, 5.41) is 22.2. The second-order valence-corrected chi connectivity index (χ2v) is 8.08. The number of non-ortho nitro benzene ring substituents is 1. The van der Waals surface area contributed by atoms with Crippen LogP contribution in [0.25, 0.3) is 18.2 Å². The van der Waals surface area contributed by atoms with E-state index in [1.807, 2.05) is 24.3 Å². The maximum atomic E-state index is 12.3. The van der Waals surface area contributed by atoms with Gasteiger partial charge in [-0.15, -0.1) is 0 Å². The number of hydrogen-bond donors (Lipinski definition) is 0. The van der Waals surface area contributed by atoms with Gasteiger partial charge in [-0.25, -0.2) is 4.79 Å². The molecule has 0 spiro atoms. The first-order valence-electron chi connectivity index (χ1n) is 11.0. The molecule has 184 valence electrons. The number of nitro groups is 2. The number of rotatable bonds is 9. The van der Waals surface area contributed by atoms with Crippen LogP contribution in [0.5, 0.6) is 11.5 Å². The molecule has 0 atom stereocenters. The van der Waals surface area contributed by atoms with E-state index < -0.39 is 15.8 Å². The van der Waals surface area contributed by atoms with E-state index in [0.29, 0.717) is 17.2 Å².